The van der Waals surface area contributed by atoms with Crippen LogP contribution in [0.5, 0.6) is 0 Å². The number of piperidine rings is 1. The highest BCUT2D eigenvalue weighted by Gasteiger charge is 2.39. The zero-order valence-corrected chi connectivity index (χ0v) is 8.75. The first kappa shape index (κ1) is 10.5. The van der Waals surface area contributed by atoms with Crippen molar-refractivity contribution in [1.29, 1.82) is 0 Å². The Morgan fingerprint density at radius 3 is 2.23 bits per heavy atom. The van der Waals surface area contributed by atoms with Gasteiger partial charge in [0, 0.05) is 25.9 Å². The summed E-state index contributed by atoms with van der Waals surface area (Å²) in [5, 5.41) is 0. The van der Waals surface area contributed by atoms with Gasteiger partial charge in [-0.15, -0.1) is 0 Å². The standard InChI is InChI=1S/C8H13NO2.C2H6/c1-2-8(10)9-4-6-3-7(5-9)11-6;1-2/h6-7H,2-5H2,1H3;1-2H3. The lowest BCUT2D eigenvalue weighted by molar-refractivity contribution is -0.187. The molecule has 76 valence electrons. The monoisotopic (exact) mass is 185 g/mol. The van der Waals surface area contributed by atoms with Crippen molar-refractivity contribution in [2.45, 2.75) is 45.8 Å². The molecule has 1 amide bonds. The summed E-state index contributed by atoms with van der Waals surface area (Å²) in [6, 6.07) is 0. The number of hydrogen-bond donors (Lipinski definition) is 0. The molecule has 2 unspecified atom stereocenters. The molecule has 3 aliphatic heterocycles. The lowest BCUT2D eigenvalue weighted by Crippen LogP contribution is -2.58. The van der Waals surface area contributed by atoms with E-state index < -0.39 is 0 Å². The number of hydrogen-bond acceptors (Lipinski definition) is 2. The van der Waals surface area contributed by atoms with E-state index in [9.17, 15) is 4.79 Å². The lowest BCUT2D eigenvalue weighted by Gasteiger charge is -2.47. The molecule has 2 bridgehead atoms. The lowest BCUT2D eigenvalue weighted by atomic mass is 9.98. The summed E-state index contributed by atoms with van der Waals surface area (Å²) in [6.07, 6.45) is 2.49. The minimum atomic E-state index is 0.267. The van der Waals surface area contributed by atoms with Crippen LogP contribution in [0.3, 0.4) is 0 Å². The number of carbonyl (C=O) groups excluding carboxylic acids is 1. The topological polar surface area (TPSA) is 29.5 Å². The molecule has 13 heavy (non-hydrogen) atoms. The van der Waals surface area contributed by atoms with Gasteiger partial charge in [0.2, 0.25) is 5.91 Å². The maximum Gasteiger partial charge on any atom is 0.222 e. The van der Waals surface area contributed by atoms with Gasteiger partial charge in [-0.25, -0.2) is 0 Å². The molecular formula is C10H19NO2. The van der Waals surface area contributed by atoms with Crippen molar-refractivity contribution in [3.63, 3.8) is 0 Å². The van der Waals surface area contributed by atoms with Crippen molar-refractivity contribution in [1.82, 2.24) is 4.90 Å². The van der Waals surface area contributed by atoms with E-state index >= 15 is 0 Å². The van der Waals surface area contributed by atoms with Crippen LogP contribution in [-0.4, -0.2) is 36.1 Å². The summed E-state index contributed by atoms with van der Waals surface area (Å²) in [7, 11) is 0. The molecule has 0 spiro atoms. The average molecular weight is 185 g/mol. The molecule has 3 fully saturated rings. The van der Waals surface area contributed by atoms with Gasteiger partial charge in [0.1, 0.15) is 0 Å². The van der Waals surface area contributed by atoms with Gasteiger partial charge >= 0.3 is 0 Å². The van der Waals surface area contributed by atoms with E-state index in [1.165, 1.54) is 0 Å². The van der Waals surface area contributed by atoms with Crippen LogP contribution in [0.25, 0.3) is 0 Å². The normalized spacial score (nSPS) is 29.9. The van der Waals surface area contributed by atoms with Gasteiger partial charge in [0.25, 0.3) is 0 Å². The van der Waals surface area contributed by atoms with E-state index in [0.717, 1.165) is 19.5 Å². The predicted molar refractivity (Wildman–Crippen MR) is 51.5 cm³/mol. The highest BCUT2D eigenvalue weighted by molar-refractivity contribution is 5.76. The molecule has 0 saturated carbocycles. The molecule has 3 saturated heterocycles. The number of morpholine rings is 1. The molecule has 0 radical (unpaired) electrons. The molecule has 2 atom stereocenters. The van der Waals surface area contributed by atoms with Gasteiger partial charge in [-0.1, -0.05) is 20.8 Å². The summed E-state index contributed by atoms with van der Waals surface area (Å²) in [4.78, 5) is 13.1. The summed E-state index contributed by atoms with van der Waals surface area (Å²) < 4.78 is 5.41. The van der Waals surface area contributed by atoms with Crippen LogP contribution in [-0.2, 0) is 9.53 Å². The Balaban J connectivity index is 0.000000396. The molecule has 0 aromatic heterocycles. The van der Waals surface area contributed by atoms with Crippen LogP contribution >= 0.6 is 0 Å². The first-order chi connectivity index (χ1) is 6.29. The van der Waals surface area contributed by atoms with Gasteiger partial charge in [-0.2, -0.15) is 0 Å². The van der Waals surface area contributed by atoms with E-state index in [2.05, 4.69) is 0 Å². The van der Waals surface area contributed by atoms with Crippen molar-refractivity contribution >= 4 is 5.91 Å². The van der Waals surface area contributed by atoms with Gasteiger partial charge in [0.15, 0.2) is 0 Å². The van der Waals surface area contributed by atoms with Gasteiger partial charge < -0.3 is 9.64 Å². The highest BCUT2D eigenvalue weighted by atomic mass is 16.5. The summed E-state index contributed by atoms with van der Waals surface area (Å²) >= 11 is 0. The zero-order chi connectivity index (χ0) is 9.84. The number of fused-ring (bicyclic) bond motifs is 2. The maximum atomic E-state index is 11.2. The van der Waals surface area contributed by atoms with Crippen LogP contribution in [0.1, 0.15) is 33.6 Å². The zero-order valence-electron chi connectivity index (χ0n) is 8.75. The summed E-state index contributed by atoms with van der Waals surface area (Å²) in [5.41, 5.74) is 0. The molecule has 0 aromatic carbocycles. The number of ether oxygens (including phenoxy) is 1. The third kappa shape index (κ3) is 2.21. The minimum absolute atomic E-state index is 0.267. The Morgan fingerprint density at radius 1 is 1.38 bits per heavy atom. The third-order valence-corrected chi connectivity index (χ3v) is 2.41. The predicted octanol–water partition coefficient (Wildman–Crippen LogP) is 1.42. The summed E-state index contributed by atoms with van der Waals surface area (Å²) in [6.45, 7) is 7.55. The second-order valence-corrected chi connectivity index (χ2v) is 3.27. The van der Waals surface area contributed by atoms with Crippen molar-refractivity contribution in [2.75, 3.05) is 13.1 Å². The molecule has 0 N–H and O–H groups in total. The molecular weight excluding hydrogens is 166 g/mol. The number of amides is 1. The van der Waals surface area contributed by atoms with Crippen molar-refractivity contribution < 1.29 is 9.53 Å². The third-order valence-electron chi connectivity index (χ3n) is 2.41. The quantitative estimate of drug-likeness (QED) is 0.618. The number of nitrogens with zero attached hydrogens (tertiary/aromatic N) is 1. The van der Waals surface area contributed by atoms with Crippen LogP contribution in [0.15, 0.2) is 0 Å². The molecule has 3 heteroatoms. The van der Waals surface area contributed by atoms with Gasteiger partial charge in [-0.05, 0) is 0 Å². The largest absolute Gasteiger partial charge is 0.371 e. The molecule has 0 aromatic rings. The highest BCUT2D eigenvalue weighted by Crippen LogP contribution is 2.27. The van der Waals surface area contributed by atoms with E-state index in [-0.39, 0.29) is 5.91 Å². The fourth-order valence-electron chi connectivity index (χ4n) is 1.78. The van der Waals surface area contributed by atoms with Crippen molar-refractivity contribution in [3.8, 4) is 0 Å². The smallest absolute Gasteiger partial charge is 0.222 e. The average Bonchev–Trinajstić information content (AvgIpc) is 2.19. The van der Waals surface area contributed by atoms with Crippen LogP contribution in [0, 0.1) is 0 Å². The van der Waals surface area contributed by atoms with Crippen LogP contribution in [0.2, 0.25) is 0 Å². The van der Waals surface area contributed by atoms with Gasteiger partial charge in [-0.3, -0.25) is 4.79 Å². The second-order valence-electron chi connectivity index (χ2n) is 3.27. The van der Waals surface area contributed by atoms with Crippen molar-refractivity contribution in [3.05, 3.63) is 0 Å². The SMILES string of the molecule is CC.CCC(=O)N1CC2CC(C1)O2. The second kappa shape index (κ2) is 4.61. The molecule has 3 nitrogen and oxygen atoms in total. The fourth-order valence-corrected chi connectivity index (χ4v) is 1.78. The van der Waals surface area contributed by atoms with Gasteiger partial charge in [0.05, 0.1) is 12.2 Å². The Hall–Kier alpha value is -0.570. The van der Waals surface area contributed by atoms with E-state index in [1.54, 1.807) is 0 Å². The molecule has 0 aliphatic carbocycles. The maximum absolute atomic E-state index is 11.2. The number of carbonyl (C=O) groups is 1. The molecule has 3 rings (SSSR count). The van der Waals surface area contributed by atoms with Crippen LogP contribution < -0.4 is 0 Å². The number of rotatable bonds is 1. The van der Waals surface area contributed by atoms with E-state index in [0.29, 0.717) is 18.6 Å². The Labute approximate surface area is 80.1 Å². The Morgan fingerprint density at radius 2 is 1.85 bits per heavy atom. The summed E-state index contributed by atoms with van der Waals surface area (Å²) in [5.74, 6) is 0.267. The van der Waals surface area contributed by atoms with Crippen LogP contribution in [0.4, 0.5) is 0 Å². The molecule has 3 aliphatic rings. The first-order valence-corrected chi connectivity index (χ1v) is 5.23. The Bertz CT molecular complexity index is 166. The van der Waals surface area contributed by atoms with E-state index in [4.69, 9.17) is 4.74 Å². The molecule has 3 heterocycles. The van der Waals surface area contributed by atoms with Crippen molar-refractivity contribution in [2.24, 2.45) is 0 Å². The fraction of sp³-hybridized carbons (Fsp3) is 0.900. The van der Waals surface area contributed by atoms with E-state index in [1.807, 2.05) is 25.7 Å². The minimum Gasteiger partial charge on any atom is -0.371 e. The Kier molecular flexibility index (Phi) is 3.72. The first-order valence-electron chi connectivity index (χ1n) is 5.23.